The first-order valence-electron chi connectivity index (χ1n) is 6.43. The number of benzene rings is 1. The zero-order valence-corrected chi connectivity index (χ0v) is 12.1. The summed E-state index contributed by atoms with van der Waals surface area (Å²) in [6, 6.07) is 5.22. The molecule has 2 aliphatic heterocycles. The van der Waals surface area contributed by atoms with Gasteiger partial charge in [-0.15, -0.1) is 11.8 Å². The lowest BCUT2D eigenvalue weighted by Crippen LogP contribution is -2.35. The molecule has 1 aromatic carbocycles. The summed E-state index contributed by atoms with van der Waals surface area (Å²) >= 11 is 1.54. The summed E-state index contributed by atoms with van der Waals surface area (Å²) in [5, 5.41) is 3.40. The fraction of sp³-hybridized carbons (Fsp3) is 0.538. The van der Waals surface area contributed by atoms with Crippen LogP contribution in [0.1, 0.15) is 24.4 Å². The van der Waals surface area contributed by atoms with Gasteiger partial charge < -0.3 is 5.32 Å². The number of halogens is 1. The fourth-order valence-corrected chi connectivity index (χ4v) is 5.60. The molecule has 3 nitrogen and oxygen atoms in total. The summed E-state index contributed by atoms with van der Waals surface area (Å²) in [5.74, 6) is 1.17. The van der Waals surface area contributed by atoms with Crippen LogP contribution in [0, 0.1) is 5.82 Å². The van der Waals surface area contributed by atoms with Crippen molar-refractivity contribution in [1.29, 1.82) is 0 Å². The van der Waals surface area contributed by atoms with Gasteiger partial charge in [0.1, 0.15) is 5.82 Å². The number of sulfone groups is 1. The molecule has 1 aromatic rings. The second-order valence-electron chi connectivity index (χ2n) is 5.11. The highest BCUT2D eigenvalue weighted by Crippen LogP contribution is 2.38. The molecule has 104 valence electrons. The number of fused-ring (bicyclic) bond motifs is 1. The van der Waals surface area contributed by atoms with E-state index in [1.165, 1.54) is 6.07 Å². The zero-order chi connectivity index (χ0) is 13.5. The van der Waals surface area contributed by atoms with Gasteiger partial charge in [-0.2, -0.15) is 0 Å². The standard InChI is InChI=1S/C13H16FNO2S2/c14-11-3-1-2-10-12(4-6-18-13(10)11)15-9-5-7-19(16,17)8-9/h1-3,9,12,15H,4-8H2. The molecule has 0 aromatic heterocycles. The Kier molecular flexibility index (Phi) is 3.57. The van der Waals surface area contributed by atoms with Crippen molar-refractivity contribution in [2.45, 2.75) is 29.8 Å². The van der Waals surface area contributed by atoms with E-state index in [2.05, 4.69) is 5.32 Å². The Balaban J connectivity index is 1.79. The molecule has 2 unspecified atom stereocenters. The van der Waals surface area contributed by atoms with Gasteiger partial charge in [-0.1, -0.05) is 12.1 Å². The van der Waals surface area contributed by atoms with Crippen molar-refractivity contribution < 1.29 is 12.8 Å². The molecule has 0 spiro atoms. The molecule has 2 aliphatic rings. The molecule has 0 radical (unpaired) electrons. The molecule has 2 atom stereocenters. The lowest BCUT2D eigenvalue weighted by molar-refractivity contribution is 0.438. The van der Waals surface area contributed by atoms with Gasteiger partial charge >= 0.3 is 0 Å². The fourth-order valence-electron chi connectivity index (χ4n) is 2.77. The molecule has 0 aliphatic carbocycles. The van der Waals surface area contributed by atoms with E-state index in [4.69, 9.17) is 0 Å². The lowest BCUT2D eigenvalue weighted by Gasteiger charge is -2.28. The summed E-state index contributed by atoms with van der Waals surface area (Å²) in [7, 11) is -2.87. The predicted molar refractivity (Wildman–Crippen MR) is 74.7 cm³/mol. The van der Waals surface area contributed by atoms with Crippen LogP contribution < -0.4 is 5.32 Å². The maximum Gasteiger partial charge on any atom is 0.151 e. The number of rotatable bonds is 2. The van der Waals surface area contributed by atoms with E-state index in [1.807, 2.05) is 6.07 Å². The number of thioether (sulfide) groups is 1. The van der Waals surface area contributed by atoms with E-state index in [0.717, 1.165) is 17.7 Å². The van der Waals surface area contributed by atoms with Crippen LogP contribution in [0.2, 0.25) is 0 Å². The maximum absolute atomic E-state index is 13.7. The van der Waals surface area contributed by atoms with Crippen molar-refractivity contribution in [2.75, 3.05) is 17.3 Å². The highest BCUT2D eigenvalue weighted by atomic mass is 32.2. The molecule has 0 bridgehead atoms. The second kappa shape index (κ2) is 5.07. The molecule has 1 fully saturated rings. The molecular weight excluding hydrogens is 285 g/mol. The van der Waals surface area contributed by atoms with Crippen molar-refractivity contribution in [2.24, 2.45) is 0 Å². The minimum Gasteiger partial charge on any atom is -0.306 e. The molecule has 1 N–H and O–H groups in total. The van der Waals surface area contributed by atoms with Gasteiger partial charge in [-0.05, 0) is 30.2 Å². The largest absolute Gasteiger partial charge is 0.306 e. The number of nitrogens with one attached hydrogen (secondary N) is 1. The topological polar surface area (TPSA) is 46.2 Å². The molecule has 6 heteroatoms. The van der Waals surface area contributed by atoms with Crippen LogP contribution in [0.5, 0.6) is 0 Å². The predicted octanol–water partition coefficient (Wildman–Crippen LogP) is 2.14. The van der Waals surface area contributed by atoms with Crippen LogP contribution in [0.3, 0.4) is 0 Å². The van der Waals surface area contributed by atoms with Gasteiger partial charge in [0.25, 0.3) is 0 Å². The third kappa shape index (κ3) is 2.80. The Labute approximate surface area is 116 Å². The number of hydrogen-bond donors (Lipinski definition) is 1. The molecule has 19 heavy (non-hydrogen) atoms. The quantitative estimate of drug-likeness (QED) is 0.909. The molecule has 0 amide bonds. The van der Waals surface area contributed by atoms with Crippen LogP contribution in [-0.2, 0) is 9.84 Å². The summed E-state index contributed by atoms with van der Waals surface area (Å²) in [6.07, 6.45) is 1.58. The van der Waals surface area contributed by atoms with Gasteiger partial charge in [-0.25, -0.2) is 12.8 Å². The first-order chi connectivity index (χ1) is 9.05. The first kappa shape index (κ1) is 13.4. The van der Waals surface area contributed by atoms with Gasteiger partial charge in [0.2, 0.25) is 0 Å². The van der Waals surface area contributed by atoms with Crippen LogP contribution >= 0.6 is 11.8 Å². The van der Waals surface area contributed by atoms with Gasteiger partial charge in [-0.3, -0.25) is 0 Å². The molecular formula is C13H16FNO2S2. The Hall–Kier alpha value is -0.590. The average Bonchev–Trinajstić information content (AvgIpc) is 2.70. The Morgan fingerprint density at radius 1 is 1.32 bits per heavy atom. The van der Waals surface area contributed by atoms with Crippen LogP contribution in [0.25, 0.3) is 0 Å². The van der Waals surface area contributed by atoms with E-state index >= 15 is 0 Å². The van der Waals surface area contributed by atoms with Crippen molar-refractivity contribution >= 4 is 21.6 Å². The first-order valence-corrected chi connectivity index (χ1v) is 9.23. The van der Waals surface area contributed by atoms with E-state index in [1.54, 1.807) is 17.8 Å². The maximum atomic E-state index is 13.7. The Morgan fingerprint density at radius 3 is 2.89 bits per heavy atom. The van der Waals surface area contributed by atoms with E-state index < -0.39 is 9.84 Å². The normalized spacial score (nSPS) is 29.1. The minimum absolute atomic E-state index is 0.00853. The zero-order valence-electron chi connectivity index (χ0n) is 10.4. The minimum atomic E-state index is -2.87. The van der Waals surface area contributed by atoms with Gasteiger partial charge in [0.05, 0.1) is 11.5 Å². The third-order valence-corrected chi connectivity index (χ3v) is 6.62. The van der Waals surface area contributed by atoms with Gasteiger partial charge in [0, 0.05) is 17.0 Å². The van der Waals surface area contributed by atoms with Crippen molar-refractivity contribution in [1.82, 2.24) is 5.32 Å². The SMILES string of the molecule is O=S1(=O)CCC(NC2CCSc3c(F)cccc32)C1. The van der Waals surface area contributed by atoms with E-state index in [-0.39, 0.29) is 29.4 Å². The average molecular weight is 301 g/mol. The van der Waals surface area contributed by atoms with Crippen LogP contribution in [0.15, 0.2) is 23.1 Å². The van der Waals surface area contributed by atoms with E-state index in [9.17, 15) is 12.8 Å². The van der Waals surface area contributed by atoms with Crippen molar-refractivity contribution in [3.63, 3.8) is 0 Å². The van der Waals surface area contributed by atoms with Crippen LogP contribution in [-0.4, -0.2) is 31.7 Å². The van der Waals surface area contributed by atoms with Gasteiger partial charge in [0.15, 0.2) is 9.84 Å². The number of hydrogen-bond acceptors (Lipinski definition) is 4. The molecule has 3 rings (SSSR count). The lowest BCUT2D eigenvalue weighted by atomic mass is 10.0. The molecule has 2 heterocycles. The second-order valence-corrected chi connectivity index (χ2v) is 8.45. The van der Waals surface area contributed by atoms with Crippen molar-refractivity contribution in [3.8, 4) is 0 Å². The van der Waals surface area contributed by atoms with Crippen LogP contribution in [0.4, 0.5) is 4.39 Å². The monoisotopic (exact) mass is 301 g/mol. The Morgan fingerprint density at radius 2 is 2.16 bits per heavy atom. The smallest absolute Gasteiger partial charge is 0.151 e. The van der Waals surface area contributed by atoms with Crippen molar-refractivity contribution in [3.05, 3.63) is 29.6 Å². The highest BCUT2D eigenvalue weighted by Gasteiger charge is 2.31. The summed E-state index contributed by atoms with van der Waals surface area (Å²) in [5.41, 5.74) is 0.973. The molecule has 1 saturated heterocycles. The van der Waals surface area contributed by atoms with E-state index in [0.29, 0.717) is 11.3 Å². The summed E-state index contributed by atoms with van der Waals surface area (Å²) in [4.78, 5) is 0.715. The highest BCUT2D eigenvalue weighted by molar-refractivity contribution is 7.99. The third-order valence-electron chi connectivity index (χ3n) is 3.70. The summed E-state index contributed by atoms with van der Waals surface area (Å²) < 4.78 is 36.7. The Bertz CT molecular complexity index is 588. The molecule has 0 saturated carbocycles. The summed E-state index contributed by atoms with van der Waals surface area (Å²) in [6.45, 7) is 0.